The van der Waals surface area contributed by atoms with Crippen molar-refractivity contribution in [3.8, 4) is 44.9 Å². The van der Waals surface area contributed by atoms with Gasteiger partial charge in [0.25, 0.3) is 0 Å². The second kappa shape index (κ2) is 19.9. The molecule has 60 heavy (non-hydrogen) atoms. The zero-order valence-corrected chi connectivity index (χ0v) is 45.1. The monoisotopic (exact) mass is 962 g/mol. The number of rotatable bonds is 6. The van der Waals surface area contributed by atoms with E-state index in [2.05, 4.69) is 177 Å². The van der Waals surface area contributed by atoms with Crippen LogP contribution in [-0.4, -0.2) is 21.6 Å². The van der Waals surface area contributed by atoms with Crippen molar-refractivity contribution in [2.24, 2.45) is 0 Å². The summed E-state index contributed by atoms with van der Waals surface area (Å²) in [7, 11) is -2.57. The minimum Gasteiger partial charge on any atom is -0.496 e. The molecule has 0 amide bonds. The van der Waals surface area contributed by atoms with Crippen LogP contribution in [0.25, 0.3) is 66.4 Å². The zero-order valence-electron chi connectivity index (χ0n) is 38.0. The van der Waals surface area contributed by atoms with Gasteiger partial charge in [-0.3, -0.25) is 0 Å². The van der Waals surface area contributed by atoms with Crippen LogP contribution in [0.4, 0.5) is 0 Å². The van der Waals surface area contributed by atoms with Gasteiger partial charge < -0.3 is 8.83 Å². The molecule has 2 heterocycles. The fourth-order valence-corrected chi connectivity index (χ4v) is 10.0. The molecule has 6 aromatic carbocycles. The molecule has 0 bridgehead atoms. The first kappa shape index (κ1) is 49.4. The standard InChI is InChI=1S/2C25H27OSi.C2H6Si.2ClH.Zr/c2*1-16-13-20-14-21(24-12-7-17(2)26-24)15-23(20)25(18(16)3)19-8-10-22(11-9-19)27(4,5)6;1-3-2;;;/h2*7-15H,1-6H3;1-2H3;2*1H;/q2*-1;;;;+2. The molecular weight excluding hydrogens is 903 g/mol. The van der Waals surface area contributed by atoms with E-state index in [1.54, 1.807) is 23.3 Å². The van der Waals surface area contributed by atoms with Gasteiger partial charge in [0.05, 0.1) is 39.2 Å². The number of aryl methyl sites for hydroxylation is 4. The quantitative estimate of drug-likeness (QED) is 0.123. The van der Waals surface area contributed by atoms with Crippen molar-refractivity contribution >= 4 is 78.3 Å². The maximum Gasteiger partial charge on any atom is 0.0896 e. The second-order valence-corrected chi connectivity index (χ2v) is 37.9. The SMILES string of the molecule is C[Si](C)=[Zr+2].Cc1ccc(-c2cc3c(-c4ccc([Si](C)(C)C)cc4)c(C)c(C)cc3[cH-]2)o1.Cc1ccc(-c2cc3c(-c4ccc([Si](C)(C)C)cc4)c(C)c(C)cc3[cH-]2)o1.Cl.Cl. The summed E-state index contributed by atoms with van der Waals surface area (Å²) in [5, 5.41) is 8.19. The van der Waals surface area contributed by atoms with Gasteiger partial charge in [-0.2, -0.15) is 0 Å². The van der Waals surface area contributed by atoms with Gasteiger partial charge in [-0.1, -0.05) is 132 Å². The van der Waals surface area contributed by atoms with Gasteiger partial charge in [0, 0.05) is 0 Å². The van der Waals surface area contributed by atoms with Gasteiger partial charge in [-0.05, 0) is 88.1 Å². The summed E-state index contributed by atoms with van der Waals surface area (Å²) in [4.78, 5) is 0. The van der Waals surface area contributed by atoms with E-state index in [-0.39, 0.29) is 30.2 Å². The Morgan fingerprint density at radius 1 is 0.483 bits per heavy atom. The van der Waals surface area contributed by atoms with Crippen molar-refractivity contribution in [1.82, 2.24) is 0 Å². The normalized spacial score (nSPS) is 11.3. The Morgan fingerprint density at radius 3 is 1.07 bits per heavy atom. The molecule has 0 unspecified atom stereocenters. The number of hydrogen-bond acceptors (Lipinski definition) is 2. The summed E-state index contributed by atoms with van der Waals surface area (Å²) in [6, 6.07) is 40.4. The Hall–Kier alpha value is -3.23. The van der Waals surface area contributed by atoms with Crippen LogP contribution in [0.2, 0.25) is 52.4 Å². The van der Waals surface area contributed by atoms with Gasteiger partial charge >= 0.3 is 41.9 Å². The van der Waals surface area contributed by atoms with Crippen molar-refractivity contribution in [3.63, 3.8) is 0 Å². The van der Waals surface area contributed by atoms with Crippen LogP contribution < -0.4 is 10.4 Å². The van der Waals surface area contributed by atoms with E-state index >= 15 is 0 Å². The molecule has 0 saturated carbocycles. The molecule has 0 atom stereocenters. The molecule has 0 radical (unpaired) electrons. The van der Waals surface area contributed by atoms with Gasteiger partial charge in [0.2, 0.25) is 0 Å². The van der Waals surface area contributed by atoms with E-state index in [1.165, 1.54) is 76.4 Å². The van der Waals surface area contributed by atoms with E-state index in [4.69, 9.17) is 8.83 Å². The summed E-state index contributed by atoms with van der Waals surface area (Å²) in [5.41, 5.74) is 13.2. The average molecular weight is 965 g/mol. The number of hydrogen-bond donors (Lipinski definition) is 0. The molecule has 2 nitrogen and oxygen atoms in total. The van der Waals surface area contributed by atoms with Gasteiger partial charge in [0.1, 0.15) is 0 Å². The molecule has 0 N–H and O–H groups in total. The maximum absolute atomic E-state index is 5.86. The minimum atomic E-state index is -1.29. The van der Waals surface area contributed by atoms with Crippen molar-refractivity contribution < 1.29 is 32.2 Å². The molecule has 0 spiro atoms. The van der Waals surface area contributed by atoms with Gasteiger partial charge in [-0.15, -0.1) is 82.8 Å². The molecule has 8 rings (SSSR count). The first-order valence-corrected chi connectivity index (χ1v) is 33.7. The van der Waals surface area contributed by atoms with Gasteiger partial charge in [0.15, 0.2) is 0 Å². The summed E-state index contributed by atoms with van der Waals surface area (Å²) < 4.78 is 11.7. The largest absolute Gasteiger partial charge is 0.496 e. The molecular formula is C52H62Cl2O2Si3Zr. The van der Waals surface area contributed by atoms with Crippen LogP contribution >= 0.6 is 24.8 Å². The van der Waals surface area contributed by atoms with E-state index in [1.807, 2.05) is 26.0 Å². The molecule has 0 saturated heterocycles. The van der Waals surface area contributed by atoms with E-state index < -0.39 is 16.1 Å². The van der Waals surface area contributed by atoms with E-state index in [9.17, 15) is 0 Å². The topological polar surface area (TPSA) is 26.3 Å². The predicted molar refractivity (Wildman–Crippen MR) is 272 cm³/mol. The fraction of sp³-hybridized carbons (Fsp3) is 0.269. The molecule has 8 heteroatoms. The summed E-state index contributed by atoms with van der Waals surface area (Å²) in [6.07, 6.45) is 0. The summed E-state index contributed by atoms with van der Waals surface area (Å²) >= 11 is 1.74. The minimum absolute atomic E-state index is 0. The van der Waals surface area contributed by atoms with Crippen LogP contribution in [0.3, 0.4) is 0 Å². The molecule has 0 aliphatic heterocycles. The summed E-state index contributed by atoms with van der Waals surface area (Å²) in [6.45, 7) is 31.9. The van der Waals surface area contributed by atoms with Crippen LogP contribution in [-0.2, 0) is 23.3 Å². The third kappa shape index (κ3) is 11.2. The predicted octanol–water partition coefficient (Wildman–Crippen LogP) is 15.5. The van der Waals surface area contributed by atoms with E-state index in [0.717, 1.165) is 34.2 Å². The van der Waals surface area contributed by atoms with Crippen molar-refractivity contribution in [2.75, 3.05) is 0 Å². The van der Waals surface area contributed by atoms with Crippen molar-refractivity contribution in [1.29, 1.82) is 0 Å². The molecule has 2 aromatic heterocycles. The molecule has 0 fully saturated rings. The summed E-state index contributed by atoms with van der Waals surface area (Å²) in [5.74, 6) is 3.78. The van der Waals surface area contributed by atoms with Crippen LogP contribution in [0.15, 0.2) is 118 Å². The van der Waals surface area contributed by atoms with E-state index in [0.29, 0.717) is 0 Å². The van der Waals surface area contributed by atoms with Gasteiger partial charge in [-0.25, -0.2) is 0 Å². The zero-order chi connectivity index (χ0) is 42.3. The Kier molecular flexibility index (Phi) is 16.4. The molecule has 312 valence electrons. The first-order valence-electron chi connectivity index (χ1n) is 20.5. The van der Waals surface area contributed by atoms with Crippen LogP contribution in [0.5, 0.6) is 0 Å². The molecule has 0 aliphatic carbocycles. The number of benzene rings is 4. The fourth-order valence-electron chi connectivity index (χ4n) is 7.69. The third-order valence-electron chi connectivity index (χ3n) is 11.2. The Balaban J connectivity index is 0.000000236. The Morgan fingerprint density at radius 2 is 0.800 bits per heavy atom. The first-order chi connectivity index (χ1) is 27.2. The number of fused-ring (bicyclic) bond motifs is 2. The average Bonchev–Trinajstić information content (AvgIpc) is 3.96. The number of furan rings is 2. The maximum atomic E-state index is 5.86. The second-order valence-electron chi connectivity index (χ2n) is 18.4. The Labute approximate surface area is 389 Å². The Bertz CT molecular complexity index is 2540. The van der Waals surface area contributed by atoms with Crippen LogP contribution in [0, 0.1) is 41.5 Å². The third-order valence-corrected chi connectivity index (χ3v) is 15.3. The smallest absolute Gasteiger partial charge is 0.0896 e. The molecule has 0 aliphatic rings. The number of halogens is 2. The van der Waals surface area contributed by atoms with Crippen LogP contribution in [0.1, 0.15) is 33.8 Å². The van der Waals surface area contributed by atoms with Crippen molar-refractivity contribution in [2.45, 2.75) is 93.9 Å². The molecule has 8 aromatic rings. The van der Waals surface area contributed by atoms with Crippen molar-refractivity contribution in [3.05, 3.63) is 143 Å².